The van der Waals surface area contributed by atoms with Crippen LogP contribution in [0.1, 0.15) is 45.7 Å². The maximum atomic E-state index is 15.6. The molecule has 0 N–H and O–H groups in total. The molecule has 0 fully saturated rings. The second-order valence-corrected chi connectivity index (χ2v) is 12.1. The van der Waals surface area contributed by atoms with Crippen LogP contribution in [0.3, 0.4) is 0 Å². The van der Waals surface area contributed by atoms with Gasteiger partial charge >= 0.3 is 23.9 Å². The first-order valence-corrected chi connectivity index (χ1v) is 15.8. The van der Waals surface area contributed by atoms with Crippen molar-refractivity contribution in [3.05, 3.63) is 132 Å². The predicted molar refractivity (Wildman–Crippen MR) is 194 cm³/mol. The van der Waals surface area contributed by atoms with E-state index in [2.05, 4.69) is 19.7 Å². The van der Waals surface area contributed by atoms with E-state index in [1.807, 2.05) is 30.3 Å². The Balaban J connectivity index is 1.55. The molecule has 0 unspecified atom stereocenters. The van der Waals surface area contributed by atoms with Crippen molar-refractivity contribution >= 4 is 36.0 Å². The van der Waals surface area contributed by atoms with Gasteiger partial charge in [-0.2, -0.15) is 0 Å². The lowest BCUT2D eigenvalue weighted by molar-refractivity contribution is -0.138. The standard InChI is InChI=1S/C42H37FO8/c1-24(2)39(44)48-35-19-13-29(21-37(35)50-41(46)26(5)6)10-9-28-11-14-30(15-12-28)31-16-18-33(34(43)22-31)32-17-20-36(49-40(45)25(3)4)38(23-32)51-42(47)27(7)8/h9-23,25H,1,5,7H2,2-4,6,8H3/b10-9+. The number of carbonyl (C=O) groups is 4. The number of esters is 4. The van der Waals surface area contributed by atoms with E-state index in [0.717, 1.165) is 11.1 Å². The Hall–Kier alpha value is -6.35. The van der Waals surface area contributed by atoms with E-state index >= 15 is 4.39 Å². The minimum absolute atomic E-state index is 0.0333. The summed E-state index contributed by atoms with van der Waals surface area (Å²) < 4.78 is 37.1. The first kappa shape index (κ1) is 37.5. The minimum atomic E-state index is -0.712. The van der Waals surface area contributed by atoms with Crippen LogP contribution in [0, 0.1) is 11.7 Å². The van der Waals surface area contributed by atoms with Gasteiger partial charge in [-0.05, 0) is 78.9 Å². The number of halogens is 1. The van der Waals surface area contributed by atoms with Crippen LogP contribution in [-0.4, -0.2) is 23.9 Å². The molecule has 0 heterocycles. The molecule has 9 heteroatoms. The first-order chi connectivity index (χ1) is 24.1. The van der Waals surface area contributed by atoms with Gasteiger partial charge in [-0.3, -0.25) is 4.79 Å². The molecule has 0 spiro atoms. The normalized spacial score (nSPS) is 10.8. The SMILES string of the molecule is C=C(C)C(=O)Oc1ccc(/C=C/c2ccc(-c3ccc(-c4ccc(OC(=O)C(C)C)c(OC(=O)C(=C)C)c4)c(F)c3)cc2)cc1OC(=O)C(=C)C. The smallest absolute Gasteiger partial charge is 0.338 e. The third-order valence-corrected chi connectivity index (χ3v) is 7.24. The number of benzene rings is 4. The Morgan fingerprint density at radius 1 is 0.549 bits per heavy atom. The Morgan fingerprint density at radius 2 is 1.00 bits per heavy atom. The molecule has 0 bridgehead atoms. The lowest BCUT2D eigenvalue weighted by Gasteiger charge is -2.14. The summed E-state index contributed by atoms with van der Waals surface area (Å²) in [7, 11) is 0. The van der Waals surface area contributed by atoms with Crippen LogP contribution in [0.4, 0.5) is 4.39 Å². The topological polar surface area (TPSA) is 105 Å². The molecule has 4 rings (SSSR count). The molecule has 0 saturated carbocycles. The van der Waals surface area contributed by atoms with Crippen LogP contribution in [0.15, 0.2) is 115 Å². The van der Waals surface area contributed by atoms with E-state index in [9.17, 15) is 19.2 Å². The van der Waals surface area contributed by atoms with E-state index in [1.54, 1.807) is 50.3 Å². The van der Waals surface area contributed by atoms with Gasteiger partial charge in [0.2, 0.25) is 0 Å². The van der Waals surface area contributed by atoms with Crippen LogP contribution in [0.5, 0.6) is 23.0 Å². The average Bonchev–Trinajstić information content (AvgIpc) is 3.08. The summed E-state index contributed by atoms with van der Waals surface area (Å²) in [6.45, 7) is 18.6. The van der Waals surface area contributed by atoms with Crippen molar-refractivity contribution in [2.45, 2.75) is 34.6 Å². The highest BCUT2D eigenvalue weighted by molar-refractivity contribution is 5.92. The minimum Gasteiger partial charge on any atom is -0.422 e. The molecule has 0 aromatic heterocycles. The molecular formula is C42H37FO8. The van der Waals surface area contributed by atoms with E-state index in [-0.39, 0.29) is 45.3 Å². The Kier molecular flexibility index (Phi) is 12.0. The molecule has 8 nitrogen and oxygen atoms in total. The van der Waals surface area contributed by atoms with Gasteiger partial charge in [0.05, 0.1) is 5.92 Å². The van der Waals surface area contributed by atoms with E-state index in [4.69, 9.17) is 18.9 Å². The fourth-order valence-electron chi connectivity index (χ4n) is 4.33. The molecule has 0 amide bonds. The van der Waals surface area contributed by atoms with Gasteiger partial charge in [-0.1, -0.05) is 94.3 Å². The predicted octanol–water partition coefficient (Wildman–Crippen LogP) is 9.34. The monoisotopic (exact) mass is 688 g/mol. The molecule has 0 aliphatic heterocycles. The number of hydrogen-bond acceptors (Lipinski definition) is 8. The van der Waals surface area contributed by atoms with Crippen molar-refractivity contribution in [2.75, 3.05) is 0 Å². The summed E-state index contributed by atoms with van der Waals surface area (Å²) in [5.41, 5.74) is 4.08. The summed E-state index contributed by atoms with van der Waals surface area (Å²) in [5.74, 6) is -3.37. The van der Waals surface area contributed by atoms with Crippen LogP contribution in [-0.2, 0) is 19.2 Å². The van der Waals surface area contributed by atoms with E-state index < -0.39 is 35.6 Å². The zero-order valence-corrected chi connectivity index (χ0v) is 29.0. The fourth-order valence-corrected chi connectivity index (χ4v) is 4.33. The third-order valence-electron chi connectivity index (χ3n) is 7.24. The third kappa shape index (κ3) is 9.86. The van der Waals surface area contributed by atoms with Gasteiger partial charge in [0.15, 0.2) is 23.0 Å². The summed E-state index contributed by atoms with van der Waals surface area (Å²) in [4.78, 5) is 48.8. The summed E-state index contributed by atoms with van der Waals surface area (Å²) in [5, 5.41) is 0. The van der Waals surface area contributed by atoms with Crippen molar-refractivity contribution in [1.29, 1.82) is 0 Å². The maximum Gasteiger partial charge on any atom is 0.338 e. The summed E-state index contributed by atoms with van der Waals surface area (Å²) >= 11 is 0. The average molecular weight is 689 g/mol. The van der Waals surface area contributed by atoms with Crippen LogP contribution in [0.25, 0.3) is 34.4 Å². The van der Waals surface area contributed by atoms with Crippen molar-refractivity contribution in [3.8, 4) is 45.3 Å². The van der Waals surface area contributed by atoms with Gasteiger partial charge in [0, 0.05) is 22.3 Å². The molecule has 0 atom stereocenters. The number of ether oxygens (including phenoxy) is 4. The highest BCUT2D eigenvalue weighted by atomic mass is 19.1. The number of hydrogen-bond donors (Lipinski definition) is 0. The highest BCUT2D eigenvalue weighted by Gasteiger charge is 2.19. The Bertz CT molecular complexity index is 2090. The molecule has 0 aliphatic carbocycles. The van der Waals surface area contributed by atoms with Crippen LogP contribution < -0.4 is 18.9 Å². The molecule has 0 saturated heterocycles. The van der Waals surface area contributed by atoms with Gasteiger partial charge < -0.3 is 18.9 Å². The number of carbonyl (C=O) groups excluding carboxylic acids is 4. The van der Waals surface area contributed by atoms with Gasteiger partial charge in [-0.25, -0.2) is 18.8 Å². The molecule has 4 aromatic rings. The van der Waals surface area contributed by atoms with E-state index in [0.29, 0.717) is 16.7 Å². The lowest BCUT2D eigenvalue weighted by atomic mass is 9.98. The van der Waals surface area contributed by atoms with E-state index in [1.165, 1.54) is 45.0 Å². The Labute approximate surface area is 296 Å². The van der Waals surface area contributed by atoms with Gasteiger partial charge in [-0.15, -0.1) is 0 Å². The molecule has 0 aliphatic rings. The van der Waals surface area contributed by atoms with Crippen LogP contribution in [0.2, 0.25) is 0 Å². The summed E-state index contributed by atoms with van der Waals surface area (Å²) in [6.07, 6.45) is 3.63. The molecular weight excluding hydrogens is 651 g/mol. The van der Waals surface area contributed by atoms with Crippen molar-refractivity contribution < 1.29 is 42.5 Å². The van der Waals surface area contributed by atoms with Crippen molar-refractivity contribution in [1.82, 2.24) is 0 Å². The lowest BCUT2D eigenvalue weighted by Crippen LogP contribution is -2.16. The van der Waals surface area contributed by atoms with Gasteiger partial charge in [0.25, 0.3) is 0 Å². The second kappa shape index (κ2) is 16.4. The summed E-state index contributed by atoms with van der Waals surface area (Å²) in [6, 6.07) is 21.5. The molecule has 0 radical (unpaired) electrons. The zero-order chi connectivity index (χ0) is 37.4. The van der Waals surface area contributed by atoms with Crippen molar-refractivity contribution in [3.63, 3.8) is 0 Å². The largest absolute Gasteiger partial charge is 0.422 e. The molecule has 260 valence electrons. The fraction of sp³-hybridized carbons (Fsp3) is 0.143. The zero-order valence-electron chi connectivity index (χ0n) is 29.0. The maximum absolute atomic E-state index is 15.6. The highest BCUT2D eigenvalue weighted by Crippen LogP contribution is 2.36. The number of rotatable bonds is 12. The quantitative estimate of drug-likeness (QED) is 0.0628. The second-order valence-electron chi connectivity index (χ2n) is 12.1. The molecule has 51 heavy (non-hydrogen) atoms. The first-order valence-electron chi connectivity index (χ1n) is 15.8. The molecule has 4 aromatic carbocycles. The Morgan fingerprint density at radius 3 is 1.55 bits per heavy atom. The van der Waals surface area contributed by atoms with Gasteiger partial charge in [0.1, 0.15) is 5.82 Å². The van der Waals surface area contributed by atoms with Crippen molar-refractivity contribution in [2.24, 2.45) is 5.92 Å². The van der Waals surface area contributed by atoms with Crippen LogP contribution >= 0.6 is 0 Å².